The first-order valence-electron chi connectivity index (χ1n) is 8.96. The zero-order valence-electron chi connectivity index (χ0n) is 14.8. The summed E-state index contributed by atoms with van der Waals surface area (Å²) in [5, 5.41) is 10.8. The van der Waals surface area contributed by atoms with Crippen LogP contribution in [0.15, 0.2) is 48.7 Å². The Morgan fingerprint density at radius 1 is 1.26 bits per heavy atom. The molecule has 7 heteroatoms. The molecule has 2 aromatic heterocycles. The minimum atomic E-state index is -0.414. The molecule has 0 saturated heterocycles. The normalized spacial score (nSPS) is 13.7. The topological polar surface area (TPSA) is 71.8 Å². The third kappa shape index (κ3) is 3.88. The van der Waals surface area contributed by atoms with E-state index in [1.807, 2.05) is 10.7 Å². The number of benzene rings is 1. The standard InChI is InChI=1S/C20H20FN5O/c21-18-6-2-8-23-19(18)14-4-1-5-15(10-14)20(27)24-12-16-11-17-13-22-7-3-9-26(17)25-16/h1-2,4-6,8,10-11,22H,3,7,9,12-13H2,(H,24,27). The number of hydrogen-bond acceptors (Lipinski definition) is 4. The molecule has 0 saturated carbocycles. The van der Waals surface area contributed by atoms with E-state index < -0.39 is 5.82 Å². The van der Waals surface area contributed by atoms with E-state index in [-0.39, 0.29) is 11.6 Å². The number of carbonyl (C=O) groups is 1. The number of aryl methyl sites for hydroxylation is 1. The van der Waals surface area contributed by atoms with Gasteiger partial charge in [-0.3, -0.25) is 14.5 Å². The van der Waals surface area contributed by atoms with Crippen molar-refractivity contribution in [2.75, 3.05) is 6.54 Å². The fourth-order valence-corrected chi connectivity index (χ4v) is 3.19. The highest BCUT2D eigenvalue weighted by molar-refractivity contribution is 5.95. The highest BCUT2D eigenvalue weighted by Gasteiger charge is 2.13. The first-order valence-corrected chi connectivity index (χ1v) is 8.96. The zero-order chi connectivity index (χ0) is 18.6. The van der Waals surface area contributed by atoms with Crippen molar-refractivity contribution in [2.45, 2.75) is 26.1 Å². The van der Waals surface area contributed by atoms with Crippen LogP contribution in [0.4, 0.5) is 4.39 Å². The van der Waals surface area contributed by atoms with Gasteiger partial charge in [0.2, 0.25) is 0 Å². The fourth-order valence-electron chi connectivity index (χ4n) is 3.19. The minimum Gasteiger partial charge on any atom is -0.346 e. The van der Waals surface area contributed by atoms with Crippen molar-refractivity contribution in [3.05, 3.63) is 71.4 Å². The third-order valence-corrected chi connectivity index (χ3v) is 4.53. The van der Waals surface area contributed by atoms with Crippen LogP contribution in [-0.2, 0) is 19.6 Å². The van der Waals surface area contributed by atoms with Gasteiger partial charge in [-0.25, -0.2) is 4.39 Å². The molecule has 1 aromatic carbocycles. The zero-order valence-corrected chi connectivity index (χ0v) is 14.8. The summed E-state index contributed by atoms with van der Waals surface area (Å²) in [5.41, 5.74) is 3.22. The van der Waals surface area contributed by atoms with E-state index in [1.54, 1.807) is 24.3 Å². The molecule has 138 valence electrons. The SMILES string of the molecule is O=C(NCc1cc2n(n1)CCCNC2)c1cccc(-c2ncccc2F)c1. The van der Waals surface area contributed by atoms with Gasteiger partial charge in [0.25, 0.3) is 5.91 Å². The van der Waals surface area contributed by atoms with Crippen LogP contribution in [0.1, 0.15) is 28.2 Å². The summed E-state index contributed by atoms with van der Waals surface area (Å²) in [7, 11) is 0. The Hall–Kier alpha value is -3.06. The highest BCUT2D eigenvalue weighted by Crippen LogP contribution is 2.21. The van der Waals surface area contributed by atoms with Gasteiger partial charge < -0.3 is 10.6 Å². The fraction of sp³-hybridized carbons (Fsp3) is 0.250. The molecular weight excluding hydrogens is 345 g/mol. The number of hydrogen-bond donors (Lipinski definition) is 2. The van der Waals surface area contributed by atoms with Gasteiger partial charge in [0.15, 0.2) is 0 Å². The minimum absolute atomic E-state index is 0.227. The van der Waals surface area contributed by atoms with Gasteiger partial charge >= 0.3 is 0 Å². The molecule has 0 aliphatic carbocycles. The molecule has 4 rings (SSSR count). The molecule has 1 aliphatic heterocycles. The Morgan fingerprint density at radius 3 is 3.07 bits per heavy atom. The molecule has 3 heterocycles. The lowest BCUT2D eigenvalue weighted by Gasteiger charge is -2.07. The summed E-state index contributed by atoms with van der Waals surface area (Å²) < 4.78 is 15.9. The van der Waals surface area contributed by atoms with Gasteiger partial charge in [0, 0.05) is 30.4 Å². The molecule has 0 unspecified atom stereocenters. The van der Waals surface area contributed by atoms with Crippen molar-refractivity contribution < 1.29 is 9.18 Å². The maximum atomic E-state index is 13.9. The van der Waals surface area contributed by atoms with Crippen molar-refractivity contribution in [1.82, 2.24) is 25.4 Å². The van der Waals surface area contributed by atoms with Crippen LogP contribution in [0.25, 0.3) is 11.3 Å². The van der Waals surface area contributed by atoms with Crippen LogP contribution in [-0.4, -0.2) is 27.2 Å². The number of fused-ring (bicyclic) bond motifs is 1. The summed E-state index contributed by atoms with van der Waals surface area (Å²) >= 11 is 0. The van der Waals surface area contributed by atoms with Gasteiger partial charge in [-0.05, 0) is 43.3 Å². The van der Waals surface area contributed by atoms with Crippen LogP contribution >= 0.6 is 0 Å². The van der Waals surface area contributed by atoms with Gasteiger partial charge in [-0.2, -0.15) is 5.10 Å². The number of pyridine rings is 1. The Bertz CT molecular complexity index is 945. The lowest BCUT2D eigenvalue weighted by atomic mass is 10.1. The molecule has 27 heavy (non-hydrogen) atoms. The number of rotatable bonds is 4. The van der Waals surface area contributed by atoms with Crippen LogP contribution in [0.3, 0.4) is 0 Å². The second-order valence-electron chi connectivity index (χ2n) is 6.48. The second kappa shape index (κ2) is 7.67. The van der Waals surface area contributed by atoms with E-state index in [4.69, 9.17) is 0 Å². The van der Waals surface area contributed by atoms with E-state index in [2.05, 4.69) is 20.7 Å². The number of carbonyl (C=O) groups excluding carboxylic acids is 1. The lowest BCUT2D eigenvalue weighted by Crippen LogP contribution is -2.23. The first-order chi connectivity index (χ1) is 13.2. The predicted octanol–water partition coefficient (Wildman–Crippen LogP) is 2.51. The van der Waals surface area contributed by atoms with Crippen LogP contribution in [0, 0.1) is 5.82 Å². The highest BCUT2D eigenvalue weighted by atomic mass is 19.1. The Morgan fingerprint density at radius 2 is 2.19 bits per heavy atom. The molecule has 0 spiro atoms. The van der Waals surface area contributed by atoms with E-state index >= 15 is 0 Å². The van der Waals surface area contributed by atoms with Crippen LogP contribution in [0.2, 0.25) is 0 Å². The molecule has 2 N–H and O–H groups in total. The number of nitrogens with one attached hydrogen (secondary N) is 2. The van der Waals surface area contributed by atoms with Crippen molar-refractivity contribution in [3.63, 3.8) is 0 Å². The number of nitrogens with zero attached hydrogens (tertiary/aromatic N) is 3. The van der Waals surface area contributed by atoms with Crippen LogP contribution < -0.4 is 10.6 Å². The van der Waals surface area contributed by atoms with Crippen molar-refractivity contribution in [1.29, 1.82) is 0 Å². The van der Waals surface area contributed by atoms with E-state index in [9.17, 15) is 9.18 Å². The Labute approximate surface area is 156 Å². The second-order valence-corrected chi connectivity index (χ2v) is 6.48. The number of aromatic nitrogens is 3. The molecule has 0 bridgehead atoms. The van der Waals surface area contributed by atoms with Crippen LogP contribution in [0.5, 0.6) is 0 Å². The lowest BCUT2D eigenvalue weighted by molar-refractivity contribution is 0.0950. The average Bonchev–Trinajstić information content (AvgIpc) is 2.95. The number of halogens is 1. The largest absolute Gasteiger partial charge is 0.346 e. The monoisotopic (exact) mass is 365 g/mol. The summed E-state index contributed by atoms with van der Waals surface area (Å²) in [4.78, 5) is 16.6. The molecule has 6 nitrogen and oxygen atoms in total. The van der Waals surface area contributed by atoms with Gasteiger partial charge in [-0.15, -0.1) is 0 Å². The predicted molar refractivity (Wildman–Crippen MR) is 99.4 cm³/mol. The number of amides is 1. The first kappa shape index (κ1) is 17.4. The third-order valence-electron chi connectivity index (χ3n) is 4.53. The van der Waals surface area contributed by atoms with Gasteiger partial charge in [0.1, 0.15) is 11.5 Å². The summed E-state index contributed by atoms with van der Waals surface area (Å²) in [6.07, 6.45) is 2.57. The molecule has 3 aromatic rings. The maximum Gasteiger partial charge on any atom is 0.251 e. The molecule has 1 aliphatic rings. The molecule has 0 atom stereocenters. The Balaban J connectivity index is 1.46. The quantitative estimate of drug-likeness (QED) is 0.745. The molecule has 0 fully saturated rings. The Kier molecular flexibility index (Phi) is 4.93. The van der Waals surface area contributed by atoms with E-state index in [0.29, 0.717) is 17.7 Å². The molecule has 0 radical (unpaired) electrons. The van der Waals surface area contributed by atoms with E-state index in [0.717, 1.165) is 37.4 Å². The van der Waals surface area contributed by atoms with Crippen molar-refractivity contribution in [3.8, 4) is 11.3 Å². The van der Waals surface area contributed by atoms with Gasteiger partial charge in [-0.1, -0.05) is 12.1 Å². The molecule has 1 amide bonds. The van der Waals surface area contributed by atoms with Crippen molar-refractivity contribution >= 4 is 5.91 Å². The average molecular weight is 365 g/mol. The van der Waals surface area contributed by atoms with Crippen molar-refractivity contribution in [2.24, 2.45) is 0 Å². The summed E-state index contributed by atoms with van der Waals surface area (Å²) in [6, 6.07) is 11.7. The smallest absolute Gasteiger partial charge is 0.251 e. The maximum absolute atomic E-state index is 13.9. The summed E-state index contributed by atoms with van der Waals surface area (Å²) in [6.45, 7) is 3.01. The molecular formula is C20H20FN5O. The van der Waals surface area contributed by atoms with Gasteiger partial charge in [0.05, 0.1) is 17.9 Å². The van der Waals surface area contributed by atoms with E-state index in [1.165, 1.54) is 18.3 Å². The summed E-state index contributed by atoms with van der Waals surface area (Å²) in [5.74, 6) is -0.641.